The fourth-order valence-corrected chi connectivity index (χ4v) is 2.74. The molecule has 0 radical (unpaired) electrons. The highest BCUT2D eigenvalue weighted by atomic mass is 32.2. The van der Waals surface area contributed by atoms with Crippen LogP contribution in [0.1, 0.15) is 39.0 Å². The highest BCUT2D eigenvalue weighted by Crippen LogP contribution is 2.17. The molecule has 0 amide bonds. The molecule has 6 nitrogen and oxygen atoms in total. The van der Waals surface area contributed by atoms with E-state index in [0.29, 0.717) is 19.1 Å². The van der Waals surface area contributed by atoms with Gasteiger partial charge in [0.05, 0.1) is 5.75 Å². The van der Waals surface area contributed by atoms with Crippen LogP contribution in [-0.2, 0) is 10.0 Å². The number of aliphatic imine (C=N–C) groups is 1. The zero-order chi connectivity index (χ0) is 14.1. The molecule has 0 spiro atoms. The summed E-state index contributed by atoms with van der Waals surface area (Å²) in [6.45, 7) is 2.80. The summed E-state index contributed by atoms with van der Waals surface area (Å²) in [6, 6.07) is 0.532. The van der Waals surface area contributed by atoms with Crippen molar-refractivity contribution in [2.24, 2.45) is 4.99 Å². The molecule has 0 heterocycles. The van der Waals surface area contributed by atoms with Gasteiger partial charge in [-0.15, -0.1) is 0 Å². The van der Waals surface area contributed by atoms with Crippen LogP contribution < -0.4 is 15.4 Å². The molecule has 0 aromatic heterocycles. The summed E-state index contributed by atoms with van der Waals surface area (Å²) < 4.78 is 25.0. The zero-order valence-electron chi connectivity index (χ0n) is 11.9. The number of nitrogens with one attached hydrogen (secondary N) is 3. The summed E-state index contributed by atoms with van der Waals surface area (Å²) in [5.41, 5.74) is 0. The minimum atomic E-state index is -3.07. The fourth-order valence-electron chi connectivity index (χ4n) is 2.08. The van der Waals surface area contributed by atoms with Crippen molar-refractivity contribution in [3.63, 3.8) is 0 Å². The van der Waals surface area contributed by atoms with Gasteiger partial charge in [0.15, 0.2) is 5.96 Å². The maximum Gasteiger partial charge on any atom is 0.211 e. The van der Waals surface area contributed by atoms with Gasteiger partial charge in [0.2, 0.25) is 10.0 Å². The minimum absolute atomic E-state index is 0.130. The summed E-state index contributed by atoms with van der Waals surface area (Å²) in [5, 5.41) is 6.59. The highest BCUT2D eigenvalue weighted by Gasteiger charge is 2.15. The van der Waals surface area contributed by atoms with Gasteiger partial charge in [-0.25, -0.2) is 13.1 Å². The Kier molecular flexibility index (Phi) is 7.15. The molecule has 7 heteroatoms. The van der Waals surface area contributed by atoms with E-state index in [9.17, 15) is 8.42 Å². The molecule has 1 fully saturated rings. The lowest BCUT2D eigenvalue weighted by atomic mass is 10.2. The van der Waals surface area contributed by atoms with Crippen LogP contribution in [-0.4, -0.2) is 46.3 Å². The van der Waals surface area contributed by atoms with Crippen molar-refractivity contribution < 1.29 is 8.42 Å². The van der Waals surface area contributed by atoms with Gasteiger partial charge in [0.25, 0.3) is 0 Å². The second-order valence-electron chi connectivity index (χ2n) is 4.78. The fraction of sp³-hybridized carbons (Fsp3) is 0.917. The molecule has 1 aliphatic rings. The van der Waals surface area contributed by atoms with E-state index in [1.165, 1.54) is 25.7 Å². The van der Waals surface area contributed by atoms with Crippen LogP contribution in [0.25, 0.3) is 0 Å². The summed E-state index contributed by atoms with van der Waals surface area (Å²) in [4.78, 5) is 4.17. The molecule has 0 aromatic carbocycles. The van der Waals surface area contributed by atoms with Crippen LogP contribution in [0.4, 0.5) is 0 Å². The van der Waals surface area contributed by atoms with E-state index >= 15 is 0 Å². The first-order valence-corrected chi connectivity index (χ1v) is 8.67. The third kappa shape index (κ3) is 6.77. The number of rotatable bonds is 7. The molecule has 19 heavy (non-hydrogen) atoms. The second-order valence-corrected chi connectivity index (χ2v) is 6.87. The van der Waals surface area contributed by atoms with Gasteiger partial charge in [-0.3, -0.25) is 4.99 Å². The lowest BCUT2D eigenvalue weighted by molar-refractivity contribution is 0.578. The standard InChI is InChI=1S/C12H26N4O2S/c1-3-19(17,18)15-10-6-9-14-12(13-2)16-11-7-4-5-8-11/h11,15H,3-10H2,1-2H3,(H2,13,14,16). The van der Waals surface area contributed by atoms with Crippen LogP contribution >= 0.6 is 0 Å². The van der Waals surface area contributed by atoms with Crippen molar-refractivity contribution in [1.82, 2.24) is 15.4 Å². The van der Waals surface area contributed by atoms with Crippen molar-refractivity contribution in [2.75, 3.05) is 25.9 Å². The van der Waals surface area contributed by atoms with Crippen molar-refractivity contribution in [3.8, 4) is 0 Å². The van der Waals surface area contributed by atoms with E-state index in [-0.39, 0.29) is 5.75 Å². The first-order chi connectivity index (χ1) is 9.07. The van der Waals surface area contributed by atoms with Gasteiger partial charge in [0, 0.05) is 26.2 Å². The van der Waals surface area contributed by atoms with Gasteiger partial charge in [-0.2, -0.15) is 0 Å². The summed E-state index contributed by atoms with van der Waals surface area (Å²) >= 11 is 0. The summed E-state index contributed by atoms with van der Waals surface area (Å²) in [5.74, 6) is 0.941. The van der Waals surface area contributed by atoms with E-state index < -0.39 is 10.0 Å². The average Bonchev–Trinajstić information content (AvgIpc) is 2.89. The molecule has 0 saturated heterocycles. The third-order valence-electron chi connectivity index (χ3n) is 3.27. The lowest BCUT2D eigenvalue weighted by Gasteiger charge is -2.16. The zero-order valence-corrected chi connectivity index (χ0v) is 12.7. The van der Waals surface area contributed by atoms with Crippen LogP contribution in [0, 0.1) is 0 Å². The Morgan fingerprint density at radius 1 is 1.26 bits per heavy atom. The molecular weight excluding hydrogens is 264 g/mol. The number of hydrogen-bond acceptors (Lipinski definition) is 3. The topological polar surface area (TPSA) is 82.6 Å². The van der Waals surface area contributed by atoms with E-state index in [1.807, 2.05) is 0 Å². The quantitative estimate of drug-likeness (QED) is 0.361. The van der Waals surface area contributed by atoms with Crippen LogP contribution in [0.2, 0.25) is 0 Å². The molecule has 0 aliphatic heterocycles. The molecule has 112 valence electrons. The van der Waals surface area contributed by atoms with Gasteiger partial charge in [0.1, 0.15) is 0 Å². The van der Waals surface area contributed by atoms with Gasteiger partial charge in [-0.05, 0) is 26.2 Å². The largest absolute Gasteiger partial charge is 0.356 e. The maximum absolute atomic E-state index is 11.2. The molecule has 0 atom stereocenters. The normalized spacial score (nSPS) is 17.7. The van der Waals surface area contributed by atoms with Crippen molar-refractivity contribution in [2.45, 2.75) is 45.1 Å². The molecule has 0 aromatic rings. The van der Waals surface area contributed by atoms with Crippen molar-refractivity contribution in [3.05, 3.63) is 0 Å². The van der Waals surface area contributed by atoms with Gasteiger partial charge >= 0.3 is 0 Å². The van der Waals surface area contributed by atoms with E-state index in [0.717, 1.165) is 12.4 Å². The Morgan fingerprint density at radius 3 is 2.53 bits per heavy atom. The Bertz CT molecular complexity index is 375. The van der Waals surface area contributed by atoms with E-state index in [1.54, 1.807) is 14.0 Å². The molecule has 0 bridgehead atoms. The predicted octanol–water partition coefficient (Wildman–Crippen LogP) is 0.423. The highest BCUT2D eigenvalue weighted by molar-refractivity contribution is 7.89. The molecule has 3 N–H and O–H groups in total. The van der Waals surface area contributed by atoms with E-state index in [2.05, 4.69) is 20.3 Å². The molecule has 1 rings (SSSR count). The third-order valence-corrected chi connectivity index (χ3v) is 4.67. The number of sulfonamides is 1. The Hall–Kier alpha value is -0.820. The average molecular weight is 290 g/mol. The van der Waals surface area contributed by atoms with Gasteiger partial charge in [-0.1, -0.05) is 12.8 Å². The lowest BCUT2D eigenvalue weighted by Crippen LogP contribution is -2.43. The molecule has 0 unspecified atom stereocenters. The minimum Gasteiger partial charge on any atom is -0.356 e. The molecular formula is C12H26N4O2S. The Balaban J connectivity index is 2.13. The maximum atomic E-state index is 11.2. The van der Waals surface area contributed by atoms with Crippen LogP contribution in [0.15, 0.2) is 4.99 Å². The Labute approximate surface area is 116 Å². The number of nitrogens with zero attached hydrogens (tertiary/aromatic N) is 1. The smallest absolute Gasteiger partial charge is 0.211 e. The molecule has 1 aliphatic carbocycles. The van der Waals surface area contributed by atoms with Crippen molar-refractivity contribution in [1.29, 1.82) is 0 Å². The summed E-state index contributed by atoms with van der Waals surface area (Å²) in [6.07, 6.45) is 5.72. The molecule has 1 saturated carbocycles. The van der Waals surface area contributed by atoms with Gasteiger partial charge < -0.3 is 10.6 Å². The first kappa shape index (κ1) is 16.2. The Morgan fingerprint density at radius 2 is 1.95 bits per heavy atom. The SMILES string of the molecule is CCS(=O)(=O)NCCCNC(=NC)NC1CCCC1. The second kappa shape index (κ2) is 8.37. The van der Waals surface area contributed by atoms with Crippen molar-refractivity contribution >= 4 is 16.0 Å². The van der Waals surface area contributed by atoms with Crippen LogP contribution in [0.5, 0.6) is 0 Å². The summed E-state index contributed by atoms with van der Waals surface area (Å²) in [7, 11) is -1.31. The number of hydrogen-bond donors (Lipinski definition) is 3. The predicted molar refractivity (Wildman–Crippen MR) is 78.8 cm³/mol. The first-order valence-electron chi connectivity index (χ1n) is 7.02. The monoisotopic (exact) mass is 290 g/mol. The number of guanidine groups is 1. The van der Waals surface area contributed by atoms with Crippen LogP contribution in [0.3, 0.4) is 0 Å². The van der Waals surface area contributed by atoms with E-state index in [4.69, 9.17) is 0 Å².